The minimum absolute atomic E-state index is 0.0987. The maximum Gasteiger partial charge on any atom is 0.326 e. The molecule has 1 rings (SSSR count). The molecular formula is C22H35N5O6. The molecule has 0 saturated heterocycles. The van der Waals surface area contributed by atoms with Gasteiger partial charge in [0.05, 0.1) is 12.6 Å². The van der Waals surface area contributed by atoms with E-state index in [1.165, 1.54) is 12.1 Å². The van der Waals surface area contributed by atoms with E-state index in [4.69, 9.17) is 11.5 Å². The van der Waals surface area contributed by atoms with E-state index in [-0.39, 0.29) is 24.5 Å². The third kappa shape index (κ3) is 10.3. The van der Waals surface area contributed by atoms with Crippen LogP contribution in [0.25, 0.3) is 0 Å². The number of hydrogen-bond acceptors (Lipinski definition) is 7. The normalized spacial score (nSPS) is 13.6. The van der Waals surface area contributed by atoms with E-state index in [9.17, 15) is 29.4 Å². The minimum atomic E-state index is -1.17. The minimum Gasteiger partial charge on any atom is -0.508 e. The molecule has 33 heavy (non-hydrogen) atoms. The number of carboxylic acid groups (broad SMARTS) is 1. The highest BCUT2D eigenvalue weighted by Crippen LogP contribution is 2.11. The molecule has 184 valence electrons. The Morgan fingerprint density at radius 1 is 1.00 bits per heavy atom. The lowest BCUT2D eigenvalue weighted by Crippen LogP contribution is -2.54. The van der Waals surface area contributed by atoms with Crippen LogP contribution in [0.5, 0.6) is 5.75 Å². The van der Waals surface area contributed by atoms with Gasteiger partial charge in [0.1, 0.15) is 17.8 Å². The number of unbranched alkanes of at least 4 members (excludes halogenated alkanes) is 1. The second-order valence-corrected chi connectivity index (χ2v) is 8.17. The summed E-state index contributed by atoms with van der Waals surface area (Å²) in [6.07, 6.45) is 1.67. The Bertz CT molecular complexity index is 799. The molecule has 0 bridgehead atoms. The molecule has 9 N–H and O–H groups in total. The highest BCUT2D eigenvalue weighted by Gasteiger charge is 2.28. The van der Waals surface area contributed by atoms with Crippen LogP contribution in [0.15, 0.2) is 24.3 Å². The molecule has 11 heteroatoms. The van der Waals surface area contributed by atoms with Gasteiger partial charge in [0.2, 0.25) is 17.7 Å². The number of carbonyl (C=O) groups is 4. The first-order valence-corrected chi connectivity index (χ1v) is 10.9. The van der Waals surface area contributed by atoms with Gasteiger partial charge in [-0.2, -0.15) is 0 Å². The van der Waals surface area contributed by atoms with E-state index in [1.807, 2.05) is 0 Å². The molecule has 0 heterocycles. The van der Waals surface area contributed by atoms with Crippen LogP contribution in [-0.4, -0.2) is 65.1 Å². The molecule has 0 aliphatic heterocycles. The third-order valence-electron chi connectivity index (χ3n) is 4.98. The molecule has 3 unspecified atom stereocenters. The summed E-state index contributed by atoms with van der Waals surface area (Å²) in [6, 6.07) is 3.28. The van der Waals surface area contributed by atoms with Crippen molar-refractivity contribution in [3.05, 3.63) is 29.8 Å². The molecule has 11 nitrogen and oxygen atoms in total. The van der Waals surface area contributed by atoms with Gasteiger partial charge in [-0.05, 0) is 55.8 Å². The van der Waals surface area contributed by atoms with Crippen LogP contribution >= 0.6 is 0 Å². The van der Waals surface area contributed by atoms with Crippen molar-refractivity contribution in [2.45, 2.75) is 57.7 Å². The molecule has 0 spiro atoms. The van der Waals surface area contributed by atoms with Gasteiger partial charge in [0, 0.05) is 0 Å². The van der Waals surface area contributed by atoms with Gasteiger partial charge in [-0.25, -0.2) is 4.79 Å². The lowest BCUT2D eigenvalue weighted by molar-refractivity contribution is -0.143. The van der Waals surface area contributed by atoms with Crippen molar-refractivity contribution in [2.24, 2.45) is 17.4 Å². The molecule has 0 radical (unpaired) electrons. The monoisotopic (exact) mass is 465 g/mol. The number of amides is 3. The van der Waals surface area contributed by atoms with E-state index in [0.717, 1.165) is 5.56 Å². The van der Waals surface area contributed by atoms with Gasteiger partial charge >= 0.3 is 5.97 Å². The smallest absolute Gasteiger partial charge is 0.326 e. The van der Waals surface area contributed by atoms with Crippen LogP contribution in [-0.2, 0) is 25.6 Å². The average Bonchev–Trinajstić information content (AvgIpc) is 2.76. The van der Waals surface area contributed by atoms with E-state index >= 15 is 0 Å². The maximum absolute atomic E-state index is 12.6. The first kappa shape index (κ1) is 27.9. The van der Waals surface area contributed by atoms with Crippen LogP contribution in [0, 0.1) is 5.92 Å². The number of aromatic hydroxyl groups is 1. The lowest BCUT2D eigenvalue weighted by atomic mass is 10.0. The van der Waals surface area contributed by atoms with Gasteiger partial charge in [0.15, 0.2) is 0 Å². The summed E-state index contributed by atoms with van der Waals surface area (Å²) in [4.78, 5) is 48.6. The van der Waals surface area contributed by atoms with E-state index in [2.05, 4.69) is 16.0 Å². The Kier molecular flexibility index (Phi) is 11.9. The molecule has 0 aliphatic rings. The summed E-state index contributed by atoms with van der Waals surface area (Å²) >= 11 is 0. The predicted molar refractivity (Wildman–Crippen MR) is 122 cm³/mol. The molecular weight excluding hydrogens is 430 g/mol. The van der Waals surface area contributed by atoms with Gasteiger partial charge < -0.3 is 37.6 Å². The molecule has 3 atom stereocenters. The number of rotatable bonds is 14. The Balaban J connectivity index is 2.64. The van der Waals surface area contributed by atoms with Crippen molar-refractivity contribution < 1.29 is 29.4 Å². The van der Waals surface area contributed by atoms with Crippen molar-refractivity contribution in [3.8, 4) is 5.75 Å². The van der Waals surface area contributed by atoms with Crippen LogP contribution in [0.3, 0.4) is 0 Å². The fourth-order valence-electron chi connectivity index (χ4n) is 3.05. The number of phenolic OH excluding ortho intramolecular Hbond substituents is 1. The van der Waals surface area contributed by atoms with Crippen molar-refractivity contribution in [1.82, 2.24) is 16.0 Å². The highest BCUT2D eigenvalue weighted by molar-refractivity contribution is 5.92. The van der Waals surface area contributed by atoms with Crippen molar-refractivity contribution in [2.75, 3.05) is 13.1 Å². The Morgan fingerprint density at radius 2 is 1.64 bits per heavy atom. The summed E-state index contributed by atoms with van der Waals surface area (Å²) in [7, 11) is 0. The molecule has 1 aromatic carbocycles. The zero-order valence-corrected chi connectivity index (χ0v) is 19.0. The molecule has 3 amide bonds. The Labute approximate surface area is 193 Å². The van der Waals surface area contributed by atoms with Crippen molar-refractivity contribution in [3.63, 3.8) is 0 Å². The summed E-state index contributed by atoms with van der Waals surface area (Å²) in [5.74, 6) is -3.18. The second kappa shape index (κ2) is 14.1. The molecule has 0 aromatic heterocycles. The van der Waals surface area contributed by atoms with Crippen LogP contribution in [0.1, 0.15) is 38.7 Å². The lowest BCUT2D eigenvalue weighted by Gasteiger charge is -2.23. The van der Waals surface area contributed by atoms with Gasteiger partial charge in [-0.15, -0.1) is 0 Å². The zero-order chi connectivity index (χ0) is 25.0. The number of carboxylic acids is 1. The summed E-state index contributed by atoms with van der Waals surface area (Å²) in [5.41, 5.74) is 12.1. The topological polar surface area (TPSA) is 197 Å². The number of phenols is 1. The summed E-state index contributed by atoms with van der Waals surface area (Å²) < 4.78 is 0. The zero-order valence-electron chi connectivity index (χ0n) is 19.0. The number of nitrogens with two attached hydrogens (primary N) is 2. The highest BCUT2D eigenvalue weighted by atomic mass is 16.4. The predicted octanol–water partition coefficient (Wildman–Crippen LogP) is -0.783. The fraction of sp³-hybridized carbons (Fsp3) is 0.545. The second-order valence-electron chi connectivity index (χ2n) is 8.17. The standard InChI is InChI=1S/C22H35N5O6/c1-13(2)19(22(32)33)27-21(31)17(5-3-4-10-23)26-18(29)12-25-20(30)16(24)11-14-6-8-15(28)9-7-14/h6-9,13,16-17,19,28H,3-5,10-12,23-24H2,1-2H3,(H,25,30)(H,26,29)(H,27,31)(H,32,33). The summed E-state index contributed by atoms with van der Waals surface area (Å²) in [5, 5.41) is 26.0. The number of aliphatic carboxylic acids is 1. The van der Waals surface area contributed by atoms with Crippen molar-refractivity contribution >= 4 is 23.7 Å². The van der Waals surface area contributed by atoms with Gasteiger partial charge in [-0.1, -0.05) is 26.0 Å². The van der Waals surface area contributed by atoms with Gasteiger partial charge in [0.25, 0.3) is 0 Å². The van der Waals surface area contributed by atoms with E-state index < -0.39 is 48.4 Å². The Hall–Kier alpha value is -3.18. The Morgan fingerprint density at radius 3 is 2.18 bits per heavy atom. The number of hydrogen-bond donors (Lipinski definition) is 7. The first-order chi connectivity index (χ1) is 15.5. The van der Waals surface area contributed by atoms with Crippen LogP contribution < -0.4 is 27.4 Å². The quantitative estimate of drug-likeness (QED) is 0.174. The molecule has 1 aromatic rings. The summed E-state index contributed by atoms with van der Waals surface area (Å²) in [6.45, 7) is 3.35. The molecule has 0 aliphatic carbocycles. The van der Waals surface area contributed by atoms with Gasteiger partial charge in [-0.3, -0.25) is 14.4 Å². The maximum atomic E-state index is 12.6. The number of benzene rings is 1. The largest absolute Gasteiger partial charge is 0.508 e. The van der Waals surface area contributed by atoms with Crippen molar-refractivity contribution in [1.29, 1.82) is 0 Å². The average molecular weight is 466 g/mol. The van der Waals surface area contributed by atoms with Crippen LogP contribution in [0.2, 0.25) is 0 Å². The first-order valence-electron chi connectivity index (χ1n) is 10.9. The number of carbonyl (C=O) groups excluding carboxylic acids is 3. The number of nitrogens with one attached hydrogen (secondary N) is 3. The SMILES string of the molecule is CC(C)C(NC(=O)C(CCCCN)NC(=O)CNC(=O)C(N)Cc1ccc(O)cc1)C(=O)O. The third-order valence-corrected chi connectivity index (χ3v) is 4.98. The van der Waals surface area contributed by atoms with E-state index in [1.54, 1.807) is 26.0 Å². The van der Waals surface area contributed by atoms with E-state index in [0.29, 0.717) is 19.4 Å². The molecule has 0 fully saturated rings. The molecule has 0 saturated carbocycles. The fourth-order valence-corrected chi connectivity index (χ4v) is 3.05. The van der Waals surface area contributed by atoms with Crippen LogP contribution in [0.4, 0.5) is 0 Å².